The van der Waals surface area contributed by atoms with Crippen LogP contribution in [0.2, 0.25) is 0 Å². The average molecular weight is 301 g/mol. The number of amides is 1. The molecule has 0 saturated heterocycles. The lowest BCUT2D eigenvalue weighted by Gasteiger charge is -2.10. The normalized spacial score (nSPS) is 11.9. The Labute approximate surface area is 128 Å². The van der Waals surface area contributed by atoms with Gasteiger partial charge in [0, 0.05) is 0 Å². The molecule has 1 amide bonds. The first kappa shape index (κ1) is 15.8. The van der Waals surface area contributed by atoms with E-state index < -0.39 is 17.9 Å². The molecule has 0 aliphatic heterocycles. The third kappa shape index (κ3) is 3.52. The number of hydrogen-bond donors (Lipinski definition) is 2. The van der Waals surface area contributed by atoms with E-state index in [1.807, 2.05) is 37.3 Å². The largest absolute Gasteiger partial charge is 0.480 e. The first-order chi connectivity index (χ1) is 10.5. The maximum absolute atomic E-state index is 12.2. The van der Waals surface area contributed by atoms with Crippen LogP contribution in [0.25, 0.3) is 0 Å². The average Bonchev–Trinajstić information content (AvgIpc) is 2.90. The van der Waals surface area contributed by atoms with Crippen LogP contribution in [0.5, 0.6) is 0 Å². The van der Waals surface area contributed by atoms with Gasteiger partial charge in [-0.1, -0.05) is 37.3 Å². The fourth-order valence-corrected chi connectivity index (χ4v) is 2.20. The van der Waals surface area contributed by atoms with Crippen LogP contribution in [0.4, 0.5) is 0 Å². The Balaban J connectivity index is 2.20. The molecule has 1 heterocycles. The summed E-state index contributed by atoms with van der Waals surface area (Å²) in [7, 11) is 0. The van der Waals surface area contributed by atoms with Gasteiger partial charge in [-0.3, -0.25) is 14.3 Å². The Hall–Kier alpha value is -2.63. The predicted octanol–water partition coefficient (Wildman–Crippen LogP) is 1.70. The van der Waals surface area contributed by atoms with Crippen molar-refractivity contribution in [2.24, 2.45) is 0 Å². The number of rotatable bonds is 6. The second-order valence-corrected chi connectivity index (χ2v) is 5.04. The zero-order valence-electron chi connectivity index (χ0n) is 12.6. The van der Waals surface area contributed by atoms with Crippen molar-refractivity contribution in [2.75, 3.05) is 0 Å². The van der Waals surface area contributed by atoms with Gasteiger partial charge < -0.3 is 10.4 Å². The number of carbonyl (C=O) groups is 2. The summed E-state index contributed by atoms with van der Waals surface area (Å²) in [5.41, 5.74) is 2.30. The lowest BCUT2D eigenvalue weighted by atomic mass is 10.1. The molecule has 1 aromatic carbocycles. The Morgan fingerprint density at radius 1 is 1.32 bits per heavy atom. The van der Waals surface area contributed by atoms with Crippen molar-refractivity contribution in [3.63, 3.8) is 0 Å². The molecular formula is C16H19N3O3. The van der Waals surface area contributed by atoms with Crippen molar-refractivity contribution in [1.29, 1.82) is 0 Å². The lowest BCUT2D eigenvalue weighted by Crippen LogP contribution is -2.38. The van der Waals surface area contributed by atoms with E-state index in [-0.39, 0.29) is 0 Å². The zero-order valence-corrected chi connectivity index (χ0v) is 12.6. The highest BCUT2D eigenvalue weighted by Gasteiger charge is 2.20. The van der Waals surface area contributed by atoms with Crippen molar-refractivity contribution in [2.45, 2.75) is 32.9 Å². The third-order valence-corrected chi connectivity index (χ3v) is 3.42. The number of hydrogen-bond acceptors (Lipinski definition) is 3. The molecule has 6 nitrogen and oxygen atoms in total. The maximum Gasteiger partial charge on any atom is 0.325 e. The number of carboxylic acids is 1. The van der Waals surface area contributed by atoms with Crippen LogP contribution in [0.15, 0.2) is 36.5 Å². The molecule has 22 heavy (non-hydrogen) atoms. The van der Waals surface area contributed by atoms with E-state index >= 15 is 0 Å². The molecule has 2 rings (SSSR count). The van der Waals surface area contributed by atoms with Crippen LogP contribution in [0, 0.1) is 0 Å². The Morgan fingerprint density at radius 3 is 2.59 bits per heavy atom. The van der Waals surface area contributed by atoms with Gasteiger partial charge in [0.15, 0.2) is 0 Å². The van der Waals surface area contributed by atoms with E-state index in [4.69, 9.17) is 5.11 Å². The quantitative estimate of drug-likeness (QED) is 0.850. The minimum absolute atomic E-state index is 0.411. The minimum atomic E-state index is -1.07. The van der Waals surface area contributed by atoms with Crippen LogP contribution < -0.4 is 5.32 Å². The molecular weight excluding hydrogens is 282 g/mol. The molecule has 2 aromatic rings. The molecule has 0 radical (unpaired) electrons. The summed E-state index contributed by atoms with van der Waals surface area (Å²) in [5, 5.41) is 15.6. The van der Waals surface area contributed by atoms with Crippen molar-refractivity contribution in [3.8, 4) is 0 Å². The number of nitrogens with zero attached hydrogens (tertiary/aromatic N) is 2. The van der Waals surface area contributed by atoms with Crippen LogP contribution in [-0.2, 0) is 17.8 Å². The molecule has 0 aliphatic carbocycles. The minimum Gasteiger partial charge on any atom is -0.480 e. The van der Waals surface area contributed by atoms with Gasteiger partial charge in [-0.15, -0.1) is 0 Å². The van der Waals surface area contributed by atoms with Crippen molar-refractivity contribution in [3.05, 3.63) is 53.3 Å². The molecule has 116 valence electrons. The number of aromatic nitrogens is 2. The Morgan fingerprint density at radius 2 is 2.00 bits per heavy atom. The highest BCUT2D eigenvalue weighted by Crippen LogP contribution is 2.12. The molecule has 0 bridgehead atoms. The topological polar surface area (TPSA) is 84.2 Å². The van der Waals surface area contributed by atoms with Gasteiger partial charge in [0.1, 0.15) is 6.04 Å². The number of carboxylic acid groups (broad SMARTS) is 1. The van der Waals surface area contributed by atoms with Gasteiger partial charge in [-0.25, -0.2) is 0 Å². The summed E-state index contributed by atoms with van der Waals surface area (Å²) in [4.78, 5) is 23.0. The lowest BCUT2D eigenvalue weighted by molar-refractivity contribution is -0.138. The van der Waals surface area contributed by atoms with Crippen LogP contribution >= 0.6 is 0 Å². The van der Waals surface area contributed by atoms with Gasteiger partial charge in [0.2, 0.25) is 0 Å². The molecule has 1 unspecified atom stereocenters. The summed E-state index contributed by atoms with van der Waals surface area (Å²) in [6.07, 6.45) is 2.13. The SMILES string of the molecule is CCc1c(C(=O)NC(C)C(=O)O)cnn1Cc1ccccc1. The summed E-state index contributed by atoms with van der Waals surface area (Å²) in [6, 6.07) is 8.90. The summed E-state index contributed by atoms with van der Waals surface area (Å²) in [6.45, 7) is 3.95. The molecule has 1 aromatic heterocycles. The fraction of sp³-hybridized carbons (Fsp3) is 0.312. The zero-order chi connectivity index (χ0) is 16.1. The van der Waals surface area contributed by atoms with Gasteiger partial charge in [-0.2, -0.15) is 5.10 Å². The van der Waals surface area contributed by atoms with Gasteiger partial charge in [0.05, 0.1) is 24.0 Å². The van der Waals surface area contributed by atoms with E-state index in [0.29, 0.717) is 18.5 Å². The molecule has 1 atom stereocenters. The first-order valence-corrected chi connectivity index (χ1v) is 7.15. The van der Waals surface area contributed by atoms with Crippen LogP contribution in [0.3, 0.4) is 0 Å². The van der Waals surface area contributed by atoms with E-state index in [9.17, 15) is 9.59 Å². The highest BCUT2D eigenvalue weighted by atomic mass is 16.4. The second kappa shape index (κ2) is 6.89. The van der Waals surface area contributed by atoms with Gasteiger partial charge in [0.25, 0.3) is 5.91 Å². The monoisotopic (exact) mass is 301 g/mol. The van der Waals surface area contributed by atoms with E-state index in [2.05, 4.69) is 10.4 Å². The number of carbonyl (C=O) groups excluding carboxylic acids is 1. The van der Waals surface area contributed by atoms with Crippen molar-refractivity contribution >= 4 is 11.9 Å². The Bertz CT molecular complexity index is 665. The molecule has 6 heteroatoms. The molecule has 0 saturated carbocycles. The smallest absolute Gasteiger partial charge is 0.325 e. The standard InChI is InChI=1S/C16H19N3O3/c1-3-14-13(15(20)18-11(2)16(21)22)9-17-19(14)10-12-7-5-4-6-8-12/h4-9,11H,3,10H2,1-2H3,(H,18,20)(H,21,22). The van der Waals surface area contributed by atoms with Crippen LogP contribution in [0.1, 0.15) is 35.5 Å². The maximum atomic E-state index is 12.2. The molecule has 0 spiro atoms. The number of benzene rings is 1. The van der Waals surface area contributed by atoms with Crippen molar-refractivity contribution in [1.82, 2.24) is 15.1 Å². The Kier molecular flexibility index (Phi) is 4.93. The summed E-state index contributed by atoms with van der Waals surface area (Å²) >= 11 is 0. The third-order valence-electron chi connectivity index (χ3n) is 3.42. The number of aliphatic carboxylic acids is 1. The molecule has 2 N–H and O–H groups in total. The van der Waals surface area contributed by atoms with E-state index in [1.165, 1.54) is 13.1 Å². The summed E-state index contributed by atoms with van der Waals surface area (Å²) in [5.74, 6) is -1.48. The summed E-state index contributed by atoms with van der Waals surface area (Å²) < 4.78 is 1.77. The highest BCUT2D eigenvalue weighted by molar-refractivity contribution is 5.97. The van der Waals surface area contributed by atoms with Crippen molar-refractivity contribution < 1.29 is 14.7 Å². The van der Waals surface area contributed by atoms with Gasteiger partial charge in [-0.05, 0) is 18.9 Å². The molecule has 0 fully saturated rings. The second-order valence-electron chi connectivity index (χ2n) is 5.04. The van der Waals surface area contributed by atoms with Crippen LogP contribution in [-0.4, -0.2) is 32.8 Å². The van der Waals surface area contributed by atoms with E-state index in [0.717, 1.165) is 11.3 Å². The van der Waals surface area contributed by atoms with E-state index in [1.54, 1.807) is 4.68 Å². The molecule has 0 aliphatic rings. The van der Waals surface area contributed by atoms with Gasteiger partial charge >= 0.3 is 5.97 Å². The number of nitrogens with one attached hydrogen (secondary N) is 1. The first-order valence-electron chi connectivity index (χ1n) is 7.15. The fourth-order valence-electron chi connectivity index (χ4n) is 2.20. The predicted molar refractivity (Wildman–Crippen MR) is 81.7 cm³/mol.